The van der Waals surface area contributed by atoms with Crippen molar-refractivity contribution in [3.63, 3.8) is 0 Å². The largest absolute Gasteiger partial charge is 0.306 e. The molecule has 0 aromatic rings. The van der Waals surface area contributed by atoms with E-state index in [2.05, 4.69) is 23.9 Å². The zero-order chi connectivity index (χ0) is 12.3. The number of hydrogen-bond donors (Lipinski definition) is 0. The van der Waals surface area contributed by atoms with Gasteiger partial charge in [0.25, 0.3) is 0 Å². The second kappa shape index (κ2) is 6.40. The summed E-state index contributed by atoms with van der Waals surface area (Å²) in [4.78, 5) is 5.06. The van der Waals surface area contributed by atoms with Gasteiger partial charge >= 0.3 is 0 Å². The summed E-state index contributed by atoms with van der Waals surface area (Å²) in [5.41, 5.74) is 0. The highest BCUT2D eigenvalue weighted by Crippen LogP contribution is 2.29. The van der Waals surface area contributed by atoms with E-state index in [1.54, 1.807) is 0 Å². The van der Waals surface area contributed by atoms with Gasteiger partial charge in [-0.15, -0.1) is 11.6 Å². The van der Waals surface area contributed by atoms with Crippen molar-refractivity contribution in [1.29, 1.82) is 0 Å². The fourth-order valence-corrected chi connectivity index (χ4v) is 3.54. The quantitative estimate of drug-likeness (QED) is 0.719. The average Bonchev–Trinajstić information content (AvgIpc) is 2.33. The van der Waals surface area contributed by atoms with Gasteiger partial charge in [-0.2, -0.15) is 0 Å². The molecular weight excluding hydrogens is 232 g/mol. The van der Waals surface area contributed by atoms with Crippen molar-refractivity contribution in [1.82, 2.24) is 9.80 Å². The van der Waals surface area contributed by atoms with E-state index in [-0.39, 0.29) is 0 Å². The highest BCUT2D eigenvalue weighted by molar-refractivity contribution is 6.20. The van der Waals surface area contributed by atoms with Gasteiger partial charge in [-0.05, 0) is 71.6 Å². The summed E-state index contributed by atoms with van der Waals surface area (Å²) in [6.45, 7) is 3.91. The van der Waals surface area contributed by atoms with Crippen molar-refractivity contribution in [2.75, 3.05) is 33.7 Å². The molecule has 0 aromatic carbocycles. The van der Waals surface area contributed by atoms with Gasteiger partial charge < -0.3 is 9.80 Å². The smallest absolute Gasteiger partial charge is 0.0336 e. The predicted molar refractivity (Wildman–Crippen MR) is 74.7 cm³/mol. The van der Waals surface area contributed by atoms with Gasteiger partial charge in [-0.3, -0.25) is 0 Å². The van der Waals surface area contributed by atoms with Crippen molar-refractivity contribution in [2.45, 2.75) is 49.9 Å². The molecule has 2 nitrogen and oxygen atoms in total. The van der Waals surface area contributed by atoms with E-state index in [0.717, 1.165) is 12.0 Å². The molecule has 0 N–H and O–H groups in total. The second-order valence-corrected chi connectivity index (χ2v) is 6.73. The summed E-state index contributed by atoms with van der Waals surface area (Å²) in [6.07, 6.45) is 7.86. The van der Waals surface area contributed by atoms with Crippen molar-refractivity contribution in [3.8, 4) is 0 Å². The van der Waals surface area contributed by atoms with Crippen LogP contribution in [0.5, 0.6) is 0 Å². The topological polar surface area (TPSA) is 6.48 Å². The van der Waals surface area contributed by atoms with Gasteiger partial charge in [-0.25, -0.2) is 0 Å². The van der Waals surface area contributed by atoms with Crippen LogP contribution in [0.4, 0.5) is 0 Å². The van der Waals surface area contributed by atoms with E-state index < -0.39 is 0 Å². The molecule has 100 valence electrons. The molecule has 1 saturated carbocycles. The van der Waals surface area contributed by atoms with Crippen molar-refractivity contribution >= 4 is 11.6 Å². The minimum Gasteiger partial charge on any atom is -0.306 e. The lowest BCUT2D eigenvalue weighted by molar-refractivity contribution is 0.121. The number of piperidine rings is 1. The lowest BCUT2D eigenvalue weighted by Crippen LogP contribution is -2.43. The average molecular weight is 259 g/mol. The van der Waals surface area contributed by atoms with E-state index >= 15 is 0 Å². The summed E-state index contributed by atoms with van der Waals surface area (Å²) < 4.78 is 0. The number of alkyl halides is 1. The van der Waals surface area contributed by atoms with Gasteiger partial charge in [0, 0.05) is 18.0 Å². The molecule has 0 unspecified atom stereocenters. The highest BCUT2D eigenvalue weighted by Gasteiger charge is 2.25. The van der Waals surface area contributed by atoms with Crippen LogP contribution >= 0.6 is 11.6 Å². The Morgan fingerprint density at radius 3 is 2.12 bits per heavy atom. The zero-order valence-electron chi connectivity index (χ0n) is 11.4. The lowest BCUT2D eigenvalue weighted by atomic mass is 9.88. The molecule has 1 aliphatic heterocycles. The predicted octanol–water partition coefficient (Wildman–Crippen LogP) is 2.81. The number of nitrogens with zero attached hydrogens (tertiary/aromatic N) is 2. The first-order valence-electron chi connectivity index (χ1n) is 7.18. The zero-order valence-corrected chi connectivity index (χ0v) is 12.1. The first-order chi connectivity index (χ1) is 8.15. The normalized spacial score (nSPS) is 33.2. The summed E-state index contributed by atoms with van der Waals surface area (Å²) in [6, 6.07) is 0.810. The highest BCUT2D eigenvalue weighted by atomic mass is 35.5. The van der Waals surface area contributed by atoms with Crippen molar-refractivity contribution in [2.24, 2.45) is 5.92 Å². The molecular formula is C14H27ClN2. The van der Waals surface area contributed by atoms with Crippen LogP contribution < -0.4 is 0 Å². The molecule has 0 aromatic heterocycles. The van der Waals surface area contributed by atoms with Crippen LogP contribution in [0.1, 0.15) is 38.5 Å². The van der Waals surface area contributed by atoms with Crippen LogP contribution in [0.15, 0.2) is 0 Å². The Morgan fingerprint density at radius 1 is 1.00 bits per heavy atom. The Labute approximate surface area is 111 Å². The Bertz CT molecular complexity index is 216. The first-order valence-corrected chi connectivity index (χ1v) is 7.61. The molecule has 0 bridgehead atoms. The van der Waals surface area contributed by atoms with E-state index in [0.29, 0.717) is 5.38 Å². The standard InChI is InChI=1S/C14H27ClN2/c1-16(2)14-7-9-17(10-8-14)11-12-3-5-13(15)6-4-12/h12-14H,3-11H2,1-2H3. The third kappa shape index (κ3) is 4.11. The van der Waals surface area contributed by atoms with Crippen molar-refractivity contribution in [3.05, 3.63) is 0 Å². The van der Waals surface area contributed by atoms with Crippen LogP contribution in [-0.2, 0) is 0 Å². The number of halogens is 1. The van der Waals surface area contributed by atoms with E-state index in [1.807, 2.05) is 0 Å². The minimum absolute atomic E-state index is 0.464. The van der Waals surface area contributed by atoms with Crippen LogP contribution in [0, 0.1) is 5.92 Å². The molecule has 17 heavy (non-hydrogen) atoms. The first kappa shape index (κ1) is 13.6. The van der Waals surface area contributed by atoms with Crippen molar-refractivity contribution < 1.29 is 0 Å². The molecule has 1 aliphatic carbocycles. The molecule has 3 heteroatoms. The fourth-order valence-electron chi connectivity index (χ4n) is 3.29. The number of hydrogen-bond acceptors (Lipinski definition) is 2. The summed E-state index contributed by atoms with van der Waals surface area (Å²) >= 11 is 6.16. The van der Waals surface area contributed by atoms with Gasteiger partial charge in [-0.1, -0.05) is 0 Å². The van der Waals surface area contributed by atoms with Gasteiger partial charge in [0.1, 0.15) is 0 Å². The third-order valence-corrected chi connectivity index (χ3v) is 5.02. The number of rotatable bonds is 3. The fraction of sp³-hybridized carbons (Fsp3) is 1.00. The molecule has 1 saturated heterocycles. The monoisotopic (exact) mass is 258 g/mol. The van der Waals surface area contributed by atoms with Gasteiger partial charge in [0.15, 0.2) is 0 Å². The molecule has 0 radical (unpaired) electrons. The summed E-state index contributed by atoms with van der Waals surface area (Å²) in [7, 11) is 4.42. The van der Waals surface area contributed by atoms with Crippen LogP contribution in [0.25, 0.3) is 0 Å². The molecule has 0 amide bonds. The van der Waals surface area contributed by atoms with Crippen LogP contribution in [-0.4, -0.2) is 54.9 Å². The van der Waals surface area contributed by atoms with Crippen LogP contribution in [0.3, 0.4) is 0 Å². The van der Waals surface area contributed by atoms with Gasteiger partial charge in [0.05, 0.1) is 0 Å². The molecule has 2 aliphatic rings. The van der Waals surface area contributed by atoms with E-state index in [1.165, 1.54) is 58.2 Å². The SMILES string of the molecule is CN(C)C1CCN(CC2CCC(Cl)CC2)CC1. The van der Waals surface area contributed by atoms with E-state index in [9.17, 15) is 0 Å². The Hall–Kier alpha value is 0.210. The Morgan fingerprint density at radius 2 is 1.59 bits per heavy atom. The minimum atomic E-state index is 0.464. The second-order valence-electron chi connectivity index (χ2n) is 6.11. The molecule has 2 fully saturated rings. The maximum Gasteiger partial charge on any atom is 0.0336 e. The van der Waals surface area contributed by atoms with E-state index in [4.69, 9.17) is 11.6 Å². The van der Waals surface area contributed by atoms with Crippen LogP contribution in [0.2, 0.25) is 0 Å². The third-order valence-electron chi connectivity index (χ3n) is 4.58. The molecule has 2 rings (SSSR count). The summed E-state index contributed by atoms with van der Waals surface area (Å²) in [5.74, 6) is 0.918. The maximum atomic E-state index is 6.16. The summed E-state index contributed by atoms with van der Waals surface area (Å²) in [5, 5.41) is 0.464. The molecule has 0 spiro atoms. The van der Waals surface area contributed by atoms with Gasteiger partial charge in [0.2, 0.25) is 0 Å². The Balaban J connectivity index is 1.67. The Kier molecular flexibility index (Phi) is 5.13. The lowest BCUT2D eigenvalue weighted by Gasteiger charge is -2.37. The molecule has 1 heterocycles. The number of likely N-dealkylation sites (tertiary alicyclic amines) is 1. The maximum absolute atomic E-state index is 6.16. The molecule has 0 atom stereocenters.